The van der Waals surface area contributed by atoms with Crippen LogP contribution in [0.4, 0.5) is 0 Å². The molecule has 0 spiro atoms. The van der Waals surface area contributed by atoms with Gasteiger partial charge in [0.25, 0.3) is 0 Å². The summed E-state index contributed by atoms with van der Waals surface area (Å²) in [6.07, 6.45) is 0. The third-order valence-electron chi connectivity index (χ3n) is 3.03. The summed E-state index contributed by atoms with van der Waals surface area (Å²) in [6.45, 7) is 0. The average molecular weight is 380 g/mol. The fourth-order valence-corrected chi connectivity index (χ4v) is 2.20. The molecule has 0 aliphatic heterocycles. The zero-order valence-corrected chi connectivity index (χ0v) is 16.4. The van der Waals surface area contributed by atoms with E-state index in [9.17, 15) is 39.6 Å². The molecule has 0 saturated heterocycles. The van der Waals surface area contributed by atoms with Gasteiger partial charge in [0.1, 0.15) is 0 Å². The molecular weight excluding hydrogens is 376 g/mol. The Bertz CT molecular complexity index is 859. The number of hydrogen-bond acceptors (Lipinski definition) is 8. The number of aromatic carboxylic acids is 4. The van der Waals surface area contributed by atoms with Crippen LogP contribution in [0.1, 0.15) is 41.4 Å². The zero-order chi connectivity index (χ0) is 16.6. The number of carbonyl (C=O) groups is 4. The SMILES string of the molecule is O=C([O-])c1cc(C(=O)[O-])c2c(C(=O)[O-])cccc2c1C(=O)[O-].[Ca+2].[Ca+2]. The van der Waals surface area contributed by atoms with Crippen LogP contribution in [0, 0.1) is 0 Å². The monoisotopic (exact) mass is 380 g/mol. The Kier molecular flexibility index (Phi) is 8.64. The molecule has 0 bridgehead atoms. The smallest absolute Gasteiger partial charge is 0.545 e. The normalized spacial score (nSPS) is 9.50. The molecule has 8 nitrogen and oxygen atoms in total. The van der Waals surface area contributed by atoms with Crippen molar-refractivity contribution in [1.82, 2.24) is 0 Å². The van der Waals surface area contributed by atoms with Crippen molar-refractivity contribution in [2.45, 2.75) is 0 Å². The van der Waals surface area contributed by atoms with Crippen LogP contribution in [0.3, 0.4) is 0 Å². The fourth-order valence-electron chi connectivity index (χ4n) is 2.20. The molecule has 2 rings (SSSR count). The maximum absolute atomic E-state index is 11.2. The van der Waals surface area contributed by atoms with Gasteiger partial charge >= 0.3 is 75.5 Å². The van der Waals surface area contributed by atoms with Crippen molar-refractivity contribution in [3.05, 3.63) is 46.5 Å². The first-order valence-corrected chi connectivity index (χ1v) is 5.70. The Hall–Kier alpha value is -0.901. The number of carboxylic acids is 4. The molecule has 2 aromatic rings. The molecule has 0 aromatic heterocycles. The van der Waals surface area contributed by atoms with Crippen molar-refractivity contribution in [2.24, 2.45) is 0 Å². The second-order valence-corrected chi connectivity index (χ2v) is 4.22. The average Bonchev–Trinajstić information content (AvgIpc) is 2.43. The molecule has 10 heteroatoms. The van der Waals surface area contributed by atoms with Gasteiger partial charge in [-0.2, -0.15) is 0 Å². The van der Waals surface area contributed by atoms with E-state index in [2.05, 4.69) is 0 Å². The number of benzene rings is 2. The van der Waals surface area contributed by atoms with E-state index >= 15 is 0 Å². The second-order valence-electron chi connectivity index (χ2n) is 4.22. The number of carboxylic acid groups (broad SMARTS) is 4. The van der Waals surface area contributed by atoms with Crippen molar-refractivity contribution in [3.8, 4) is 0 Å². The molecule has 0 fully saturated rings. The first kappa shape index (κ1) is 23.1. The van der Waals surface area contributed by atoms with Crippen molar-refractivity contribution < 1.29 is 39.6 Å². The van der Waals surface area contributed by atoms with Crippen molar-refractivity contribution in [2.75, 3.05) is 0 Å². The van der Waals surface area contributed by atoms with Crippen LogP contribution >= 0.6 is 0 Å². The fraction of sp³-hybridized carbons (Fsp3) is 0. The van der Waals surface area contributed by atoms with Gasteiger partial charge in [-0.1, -0.05) is 18.2 Å². The van der Waals surface area contributed by atoms with E-state index in [0.29, 0.717) is 6.07 Å². The summed E-state index contributed by atoms with van der Waals surface area (Å²) in [7, 11) is 0. The molecule has 2 aromatic carbocycles. The van der Waals surface area contributed by atoms with Crippen molar-refractivity contribution >= 4 is 110 Å². The van der Waals surface area contributed by atoms with Gasteiger partial charge < -0.3 is 39.6 Å². The summed E-state index contributed by atoms with van der Waals surface area (Å²) in [5.41, 5.74) is -3.27. The van der Waals surface area contributed by atoms with Crippen LogP contribution in [-0.4, -0.2) is 99.4 Å². The molecule has 0 aliphatic carbocycles. The Labute approximate surface area is 194 Å². The van der Waals surface area contributed by atoms with E-state index in [-0.39, 0.29) is 75.5 Å². The molecule has 0 atom stereocenters. The largest absolute Gasteiger partial charge is 2.00 e. The Balaban J connectivity index is 0.00000264. The number of carbonyl (C=O) groups excluding carboxylic acids is 4. The minimum Gasteiger partial charge on any atom is -0.545 e. The van der Waals surface area contributed by atoms with Crippen LogP contribution in [0.2, 0.25) is 0 Å². The van der Waals surface area contributed by atoms with Gasteiger partial charge in [-0.15, -0.1) is 0 Å². The van der Waals surface area contributed by atoms with Gasteiger partial charge in [0, 0.05) is 27.6 Å². The molecule has 0 amide bonds. The number of fused-ring (bicyclic) bond motifs is 1. The third-order valence-corrected chi connectivity index (χ3v) is 3.03. The van der Waals surface area contributed by atoms with Crippen molar-refractivity contribution in [1.29, 1.82) is 0 Å². The van der Waals surface area contributed by atoms with Gasteiger partial charge in [0.2, 0.25) is 0 Å². The number of rotatable bonds is 4. The van der Waals surface area contributed by atoms with Crippen molar-refractivity contribution in [3.63, 3.8) is 0 Å². The minimum absolute atomic E-state index is 0. The van der Waals surface area contributed by atoms with Gasteiger partial charge in [-0.3, -0.25) is 0 Å². The summed E-state index contributed by atoms with van der Waals surface area (Å²) in [6, 6.07) is 3.61. The first-order chi connectivity index (χ1) is 10.3. The van der Waals surface area contributed by atoms with Crippen LogP contribution in [0.25, 0.3) is 10.8 Å². The summed E-state index contributed by atoms with van der Waals surface area (Å²) in [4.78, 5) is 44.4. The van der Waals surface area contributed by atoms with Gasteiger partial charge in [0.15, 0.2) is 0 Å². The van der Waals surface area contributed by atoms with Gasteiger partial charge in [-0.25, -0.2) is 0 Å². The summed E-state index contributed by atoms with van der Waals surface area (Å²) >= 11 is 0. The second kappa shape index (κ2) is 8.98. The molecule has 0 unspecified atom stereocenters. The van der Waals surface area contributed by atoms with Crippen LogP contribution in [-0.2, 0) is 0 Å². The Morgan fingerprint density at radius 1 is 0.667 bits per heavy atom. The third kappa shape index (κ3) is 4.19. The molecule has 0 saturated carbocycles. The summed E-state index contributed by atoms with van der Waals surface area (Å²) in [5, 5.41) is 43.4. The Morgan fingerprint density at radius 3 is 1.58 bits per heavy atom. The topological polar surface area (TPSA) is 161 Å². The van der Waals surface area contributed by atoms with Crippen LogP contribution < -0.4 is 20.4 Å². The Morgan fingerprint density at radius 2 is 1.17 bits per heavy atom. The van der Waals surface area contributed by atoms with E-state index in [0.717, 1.165) is 18.2 Å². The first-order valence-electron chi connectivity index (χ1n) is 5.70. The molecule has 0 heterocycles. The van der Waals surface area contributed by atoms with Gasteiger partial charge in [-0.05, 0) is 11.5 Å². The molecular formula is C14H4Ca2O8. The summed E-state index contributed by atoms with van der Waals surface area (Å²) < 4.78 is 0. The van der Waals surface area contributed by atoms with E-state index in [1.165, 1.54) is 0 Å². The standard InChI is InChI=1S/C14H8O8.2Ca/c15-11(16)6-3-1-2-5-9(6)7(12(17)18)4-8(13(19)20)10(5)14(21)22;;/h1-4H,(H,15,16)(H,17,18)(H,19,20)(H,21,22);;/q;2*+2/p-4. The predicted molar refractivity (Wildman–Crippen MR) is 72.8 cm³/mol. The minimum atomic E-state index is -1.96. The van der Waals surface area contributed by atoms with E-state index in [4.69, 9.17) is 0 Å². The predicted octanol–water partition coefficient (Wildman–Crippen LogP) is -4.47. The maximum Gasteiger partial charge on any atom is 2.00 e. The quantitative estimate of drug-likeness (QED) is 0.480. The molecule has 0 N–H and O–H groups in total. The number of hydrogen-bond donors (Lipinski definition) is 0. The van der Waals surface area contributed by atoms with E-state index in [1.54, 1.807) is 0 Å². The van der Waals surface area contributed by atoms with Crippen LogP contribution in [0.15, 0.2) is 24.3 Å². The van der Waals surface area contributed by atoms with E-state index in [1.807, 2.05) is 0 Å². The van der Waals surface area contributed by atoms with Gasteiger partial charge in [0.05, 0.1) is 23.9 Å². The molecule has 112 valence electrons. The molecule has 0 radical (unpaired) electrons. The molecule has 24 heavy (non-hydrogen) atoms. The van der Waals surface area contributed by atoms with E-state index < -0.39 is 56.9 Å². The summed E-state index contributed by atoms with van der Waals surface area (Å²) in [5.74, 6) is -7.53. The zero-order valence-electron chi connectivity index (χ0n) is 12.0. The maximum atomic E-state index is 11.2. The molecule has 0 aliphatic rings. The van der Waals surface area contributed by atoms with Crippen LogP contribution in [0.5, 0.6) is 0 Å².